The van der Waals surface area contributed by atoms with Crippen LogP contribution in [0, 0.1) is 5.92 Å². The van der Waals surface area contributed by atoms with Crippen molar-refractivity contribution in [2.24, 2.45) is 11.7 Å². The fraction of sp³-hybridized carbons (Fsp3) is 0.583. The standard InChI is InChI=1S/C12H17NOS/c13-10-6-3-1-2-5-9(10)12(14)11-7-4-8-15-11/h4,7-10H,1-3,5-6,13H2. The minimum atomic E-state index is 0.0612. The Morgan fingerprint density at radius 3 is 2.87 bits per heavy atom. The van der Waals surface area contributed by atoms with Crippen LogP contribution in [0.3, 0.4) is 0 Å². The van der Waals surface area contributed by atoms with E-state index in [1.54, 1.807) is 0 Å². The van der Waals surface area contributed by atoms with Crippen molar-refractivity contribution in [1.29, 1.82) is 0 Å². The van der Waals surface area contributed by atoms with Gasteiger partial charge in [-0.1, -0.05) is 25.3 Å². The van der Waals surface area contributed by atoms with Gasteiger partial charge in [0.25, 0.3) is 0 Å². The Hall–Kier alpha value is -0.670. The molecule has 0 radical (unpaired) electrons. The fourth-order valence-corrected chi connectivity index (χ4v) is 2.99. The Kier molecular flexibility index (Phi) is 3.54. The van der Waals surface area contributed by atoms with Crippen LogP contribution in [-0.4, -0.2) is 11.8 Å². The summed E-state index contributed by atoms with van der Waals surface area (Å²) in [5.41, 5.74) is 6.07. The lowest BCUT2D eigenvalue weighted by Crippen LogP contribution is -2.34. The number of Topliss-reactive ketones (excluding diaryl/α,β-unsaturated/α-hetero) is 1. The Morgan fingerprint density at radius 1 is 1.33 bits per heavy atom. The average molecular weight is 223 g/mol. The zero-order chi connectivity index (χ0) is 10.7. The minimum Gasteiger partial charge on any atom is -0.327 e. The molecule has 0 bridgehead atoms. The fourth-order valence-electron chi connectivity index (χ4n) is 2.26. The molecule has 2 N–H and O–H groups in total. The zero-order valence-electron chi connectivity index (χ0n) is 8.82. The minimum absolute atomic E-state index is 0.0612. The number of carbonyl (C=O) groups excluding carboxylic acids is 1. The van der Waals surface area contributed by atoms with E-state index in [2.05, 4.69) is 0 Å². The Morgan fingerprint density at radius 2 is 2.13 bits per heavy atom. The first-order chi connectivity index (χ1) is 7.29. The van der Waals surface area contributed by atoms with Crippen LogP contribution in [0.1, 0.15) is 41.8 Å². The third-order valence-corrected chi connectivity index (χ3v) is 4.05. The molecule has 3 heteroatoms. The van der Waals surface area contributed by atoms with Gasteiger partial charge < -0.3 is 5.73 Å². The molecule has 82 valence electrons. The van der Waals surface area contributed by atoms with E-state index in [-0.39, 0.29) is 17.7 Å². The molecule has 1 aliphatic carbocycles. The number of hydrogen-bond acceptors (Lipinski definition) is 3. The van der Waals surface area contributed by atoms with Crippen LogP contribution in [-0.2, 0) is 0 Å². The lowest BCUT2D eigenvalue weighted by atomic mass is 9.90. The van der Waals surface area contributed by atoms with Gasteiger partial charge in [-0.15, -0.1) is 11.3 Å². The first-order valence-corrected chi connectivity index (χ1v) is 6.50. The molecule has 0 aromatic carbocycles. The third-order valence-electron chi connectivity index (χ3n) is 3.17. The molecule has 0 saturated heterocycles. The first-order valence-electron chi connectivity index (χ1n) is 5.62. The van der Waals surface area contributed by atoms with E-state index in [1.807, 2.05) is 17.5 Å². The van der Waals surface area contributed by atoms with Gasteiger partial charge in [-0.3, -0.25) is 4.79 Å². The summed E-state index contributed by atoms with van der Waals surface area (Å²) in [5, 5.41) is 1.95. The van der Waals surface area contributed by atoms with Gasteiger partial charge in [-0.05, 0) is 24.3 Å². The summed E-state index contributed by atoms with van der Waals surface area (Å²) in [5.74, 6) is 0.325. The van der Waals surface area contributed by atoms with Crippen LogP contribution in [0.2, 0.25) is 0 Å². The SMILES string of the molecule is NC1CCCCCC1C(=O)c1cccs1. The Labute approximate surface area is 94.5 Å². The number of nitrogens with two attached hydrogens (primary N) is 1. The lowest BCUT2D eigenvalue weighted by Gasteiger charge is -2.18. The zero-order valence-corrected chi connectivity index (χ0v) is 9.63. The van der Waals surface area contributed by atoms with Gasteiger partial charge in [0, 0.05) is 12.0 Å². The molecule has 1 aromatic heterocycles. The predicted molar refractivity (Wildman–Crippen MR) is 63.2 cm³/mol. The second kappa shape index (κ2) is 4.90. The van der Waals surface area contributed by atoms with E-state index < -0.39 is 0 Å². The number of hydrogen-bond donors (Lipinski definition) is 1. The monoisotopic (exact) mass is 223 g/mol. The highest BCUT2D eigenvalue weighted by molar-refractivity contribution is 7.12. The van der Waals surface area contributed by atoms with Crippen molar-refractivity contribution in [3.63, 3.8) is 0 Å². The quantitative estimate of drug-likeness (QED) is 0.619. The summed E-state index contributed by atoms with van der Waals surface area (Å²) in [4.78, 5) is 13.0. The summed E-state index contributed by atoms with van der Waals surface area (Å²) in [6.45, 7) is 0. The smallest absolute Gasteiger partial charge is 0.177 e. The summed E-state index contributed by atoms with van der Waals surface area (Å²) >= 11 is 1.53. The second-order valence-electron chi connectivity index (χ2n) is 4.25. The van der Waals surface area contributed by atoms with Crippen molar-refractivity contribution in [2.75, 3.05) is 0 Å². The number of carbonyl (C=O) groups is 1. The molecule has 1 saturated carbocycles. The average Bonchev–Trinajstić information content (AvgIpc) is 2.68. The van der Waals surface area contributed by atoms with Gasteiger partial charge >= 0.3 is 0 Å². The van der Waals surface area contributed by atoms with Crippen molar-refractivity contribution in [2.45, 2.75) is 38.1 Å². The molecular formula is C12H17NOS. The largest absolute Gasteiger partial charge is 0.327 e. The molecule has 0 amide bonds. The van der Waals surface area contributed by atoms with Gasteiger partial charge in [0.1, 0.15) is 0 Å². The Bertz CT molecular complexity index is 320. The molecule has 1 fully saturated rings. The molecule has 2 rings (SSSR count). The molecule has 0 aliphatic heterocycles. The summed E-state index contributed by atoms with van der Waals surface area (Å²) in [6, 6.07) is 3.91. The van der Waals surface area contributed by atoms with Gasteiger partial charge in [-0.25, -0.2) is 0 Å². The van der Waals surface area contributed by atoms with E-state index in [0.717, 1.165) is 24.1 Å². The molecule has 1 aromatic rings. The highest BCUT2D eigenvalue weighted by Crippen LogP contribution is 2.26. The van der Waals surface area contributed by atoms with Gasteiger partial charge in [0.15, 0.2) is 5.78 Å². The maximum atomic E-state index is 12.2. The molecule has 15 heavy (non-hydrogen) atoms. The van der Waals surface area contributed by atoms with E-state index in [1.165, 1.54) is 24.2 Å². The summed E-state index contributed by atoms with van der Waals surface area (Å²) < 4.78 is 0. The number of thiophene rings is 1. The summed E-state index contributed by atoms with van der Waals surface area (Å²) in [7, 11) is 0. The maximum Gasteiger partial charge on any atom is 0.177 e. The highest BCUT2D eigenvalue weighted by Gasteiger charge is 2.28. The highest BCUT2D eigenvalue weighted by atomic mass is 32.1. The topological polar surface area (TPSA) is 43.1 Å². The van der Waals surface area contributed by atoms with Crippen molar-refractivity contribution in [3.05, 3.63) is 22.4 Å². The van der Waals surface area contributed by atoms with Crippen LogP contribution < -0.4 is 5.73 Å². The van der Waals surface area contributed by atoms with Crippen LogP contribution >= 0.6 is 11.3 Å². The molecule has 2 unspecified atom stereocenters. The van der Waals surface area contributed by atoms with E-state index >= 15 is 0 Å². The second-order valence-corrected chi connectivity index (χ2v) is 5.20. The van der Waals surface area contributed by atoms with Crippen molar-refractivity contribution < 1.29 is 4.79 Å². The van der Waals surface area contributed by atoms with Crippen LogP contribution in [0.4, 0.5) is 0 Å². The van der Waals surface area contributed by atoms with Crippen LogP contribution in [0.25, 0.3) is 0 Å². The van der Waals surface area contributed by atoms with Gasteiger partial charge in [0.05, 0.1) is 4.88 Å². The molecule has 1 heterocycles. The first kappa shape index (κ1) is 10.8. The molecule has 2 atom stereocenters. The Balaban J connectivity index is 2.11. The normalized spacial score (nSPS) is 27.3. The van der Waals surface area contributed by atoms with E-state index in [9.17, 15) is 4.79 Å². The third kappa shape index (κ3) is 2.47. The van der Waals surface area contributed by atoms with Crippen LogP contribution in [0.15, 0.2) is 17.5 Å². The van der Waals surface area contributed by atoms with Gasteiger partial charge in [-0.2, -0.15) is 0 Å². The van der Waals surface area contributed by atoms with E-state index in [0.29, 0.717) is 0 Å². The predicted octanol–water partition coefficient (Wildman–Crippen LogP) is 2.84. The van der Waals surface area contributed by atoms with Crippen molar-refractivity contribution in [3.8, 4) is 0 Å². The molecular weight excluding hydrogens is 206 g/mol. The van der Waals surface area contributed by atoms with E-state index in [4.69, 9.17) is 5.73 Å². The molecule has 0 spiro atoms. The van der Waals surface area contributed by atoms with Crippen molar-refractivity contribution >= 4 is 17.1 Å². The lowest BCUT2D eigenvalue weighted by molar-refractivity contribution is 0.0899. The molecule has 2 nitrogen and oxygen atoms in total. The summed E-state index contributed by atoms with van der Waals surface area (Å²) in [6.07, 6.45) is 5.52. The maximum absolute atomic E-state index is 12.2. The van der Waals surface area contributed by atoms with Crippen molar-refractivity contribution in [1.82, 2.24) is 0 Å². The molecule has 1 aliphatic rings. The van der Waals surface area contributed by atoms with Crippen LogP contribution in [0.5, 0.6) is 0 Å². The number of rotatable bonds is 2. The van der Waals surface area contributed by atoms with Gasteiger partial charge in [0.2, 0.25) is 0 Å². The number of ketones is 1.